The fraction of sp³-hybridized carbons (Fsp3) is 0.533. The number of benzene rings is 1. The van der Waals surface area contributed by atoms with Gasteiger partial charge in [-0.05, 0) is 42.5 Å². The van der Waals surface area contributed by atoms with Crippen molar-refractivity contribution in [2.24, 2.45) is 10.9 Å². The standard InChI is InChI=1S/C15H22N2S/c1-5-12-6-7-13(8-11(12)4)17-15-16-9-14(18-15)10(2)3/h6-8,10,14H,5,9H2,1-4H3,(H,16,17). The summed E-state index contributed by atoms with van der Waals surface area (Å²) in [5.41, 5.74) is 3.92. The zero-order valence-electron chi connectivity index (χ0n) is 11.7. The van der Waals surface area contributed by atoms with E-state index in [-0.39, 0.29) is 0 Å². The van der Waals surface area contributed by atoms with Gasteiger partial charge in [0.15, 0.2) is 5.17 Å². The second-order valence-electron chi connectivity index (χ2n) is 5.17. The average molecular weight is 262 g/mol. The Bertz CT molecular complexity index is 452. The van der Waals surface area contributed by atoms with E-state index in [9.17, 15) is 0 Å². The highest BCUT2D eigenvalue weighted by molar-refractivity contribution is 8.15. The van der Waals surface area contributed by atoms with Crippen molar-refractivity contribution in [2.75, 3.05) is 11.9 Å². The van der Waals surface area contributed by atoms with Crippen molar-refractivity contribution >= 4 is 22.6 Å². The SMILES string of the molecule is CCc1ccc(NC2=NCC(C(C)C)S2)cc1C. The number of hydrogen-bond acceptors (Lipinski definition) is 3. The van der Waals surface area contributed by atoms with Crippen LogP contribution in [0.15, 0.2) is 23.2 Å². The quantitative estimate of drug-likeness (QED) is 0.887. The highest BCUT2D eigenvalue weighted by Gasteiger charge is 2.22. The van der Waals surface area contributed by atoms with Gasteiger partial charge in [0.25, 0.3) is 0 Å². The molecule has 0 bridgehead atoms. The van der Waals surface area contributed by atoms with Crippen molar-refractivity contribution in [2.45, 2.75) is 39.4 Å². The van der Waals surface area contributed by atoms with Crippen LogP contribution in [0.5, 0.6) is 0 Å². The third-order valence-corrected chi connectivity index (χ3v) is 4.85. The minimum Gasteiger partial charge on any atom is -0.335 e. The molecule has 0 saturated carbocycles. The maximum atomic E-state index is 4.57. The number of anilines is 1. The van der Waals surface area contributed by atoms with Crippen LogP contribution in [0.1, 0.15) is 31.9 Å². The minimum atomic E-state index is 0.628. The van der Waals surface area contributed by atoms with Gasteiger partial charge in [-0.3, -0.25) is 4.99 Å². The van der Waals surface area contributed by atoms with E-state index >= 15 is 0 Å². The molecule has 1 unspecified atom stereocenters. The number of nitrogens with zero attached hydrogens (tertiary/aromatic N) is 1. The van der Waals surface area contributed by atoms with Crippen LogP contribution in [0.25, 0.3) is 0 Å². The smallest absolute Gasteiger partial charge is 0.161 e. The Labute approximate surface area is 114 Å². The largest absolute Gasteiger partial charge is 0.335 e. The Morgan fingerprint density at radius 2 is 2.22 bits per heavy atom. The molecule has 0 fully saturated rings. The fourth-order valence-corrected chi connectivity index (χ4v) is 3.13. The molecule has 0 saturated heterocycles. The minimum absolute atomic E-state index is 0.628. The van der Waals surface area contributed by atoms with Gasteiger partial charge in [0, 0.05) is 10.9 Å². The molecule has 1 heterocycles. The van der Waals surface area contributed by atoms with Gasteiger partial charge in [0.2, 0.25) is 0 Å². The van der Waals surface area contributed by atoms with Crippen LogP contribution in [0.2, 0.25) is 0 Å². The number of thioether (sulfide) groups is 1. The van der Waals surface area contributed by atoms with Gasteiger partial charge in [0.05, 0.1) is 6.54 Å². The Hall–Kier alpha value is -0.960. The van der Waals surface area contributed by atoms with Crippen LogP contribution in [0.4, 0.5) is 5.69 Å². The molecule has 0 spiro atoms. The van der Waals surface area contributed by atoms with Crippen LogP contribution in [-0.2, 0) is 6.42 Å². The van der Waals surface area contributed by atoms with Crippen molar-refractivity contribution in [3.05, 3.63) is 29.3 Å². The summed E-state index contributed by atoms with van der Waals surface area (Å²) in [5.74, 6) is 0.683. The fourth-order valence-electron chi connectivity index (χ4n) is 2.10. The van der Waals surface area contributed by atoms with Crippen LogP contribution in [0, 0.1) is 12.8 Å². The van der Waals surface area contributed by atoms with E-state index in [4.69, 9.17) is 0 Å². The summed E-state index contributed by atoms with van der Waals surface area (Å²) >= 11 is 1.87. The predicted molar refractivity (Wildman–Crippen MR) is 82.7 cm³/mol. The van der Waals surface area contributed by atoms with E-state index in [1.807, 2.05) is 11.8 Å². The molecule has 1 N–H and O–H groups in total. The Balaban J connectivity index is 2.01. The van der Waals surface area contributed by atoms with Crippen molar-refractivity contribution in [3.8, 4) is 0 Å². The van der Waals surface area contributed by atoms with Crippen molar-refractivity contribution in [3.63, 3.8) is 0 Å². The summed E-state index contributed by atoms with van der Waals surface area (Å²) in [5, 5.41) is 5.13. The number of amidine groups is 1. The van der Waals surface area contributed by atoms with Gasteiger partial charge < -0.3 is 5.32 Å². The maximum absolute atomic E-state index is 4.57. The second kappa shape index (κ2) is 5.79. The first kappa shape index (κ1) is 13.5. The average Bonchev–Trinajstić information content (AvgIpc) is 2.78. The summed E-state index contributed by atoms with van der Waals surface area (Å²) < 4.78 is 0. The number of hydrogen-bond donors (Lipinski definition) is 1. The van der Waals surface area contributed by atoms with E-state index in [2.05, 4.69) is 56.2 Å². The molecule has 2 nitrogen and oxygen atoms in total. The topological polar surface area (TPSA) is 24.4 Å². The summed E-state index contributed by atoms with van der Waals surface area (Å²) in [6, 6.07) is 6.57. The molecule has 0 amide bonds. The Kier molecular flexibility index (Phi) is 4.33. The Morgan fingerprint density at radius 3 is 2.78 bits per heavy atom. The molecule has 1 aromatic carbocycles. The highest BCUT2D eigenvalue weighted by Crippen LogP contribution is 2.28. The third-order valence-electron chi connectivity index (χ3n) is 3.40. The van der Waals surface area contributed by atoms with E-state index in [1.165, 1.54) is 11.1 Å². The molecule has 3 heteroatoms. The zero-order valence-corrected chi connectivity index (χ0v) is 12.5. The monoisotopic (exact) mass is 262 g/mol. The lowest BCUT2D eigenvalue weighted by Crippen LogP contribution is -2.13. The van der Waals surface area contributed by atoms with Gasteiger partial charge >= 0.3 is 0 Å². The van der Waals surface area contributed by atoms with Gasteiger partial charge in [0.1, 0.15) is 0 Å². The lowest BCUT2D eigenvalue weighted by atomic mass is 10.1. The van der Waals surface area contributed by atoms with E-state index in [0.29, 0.717) is 11.2 Å². The van der Waals surface area contributed by atoms with Crippen molar-refractivity contribution in [1.29, 1.82) is 0 Å². The first-order chi connectivity index (χ1) is 8.60. The number of rotatable bonds is 3. The molecule has 18 heavy (non-hydrogen) atoms. The lowest BCUT2D eigenvalue weighted by molar-refractivity contribution is 0.621. The number of nitrogens with one attached hydrogen (secondary N) is 1. The van der Waals surface area contributed by atoms with Crippen molar-refractivity contribution in [1.82, 2.24) is 0 Å². The van der Waals surface area contributed by atoms with Crippen LogP contribution in [0.3, 0.4) is 0 Å². The second-order valence-corrected chi connectivity index (χ2v) is 6.39. The van der Waals surface area contributed by atoms with Crippen LogP contribution in [-0.4, -0.2) is 17.0 Å². The normalized spacial score (nSPS) is 19.2. The highest BCUT2D eigenvalue weighted by atomic mass is 32.2. The maximum Gasteiger partial charge on any atom is 0.161 e. The van der Waals surface area contributed by atoms with E-state index in [0.717, 1.165) is 23.8 Å². The van der Waals surface area contributed by atoms with Gasteiger partial charge in [-0.25, -0.2) is 0 Å². The summed E-state index contributed by atoms with van der Waals surface area (Å²) in [6.45, 7) is 9.83. The summed E-state index contributed by atoms with van der Waals surface area (Å²) in [6.07, 6.45) is 1.09. The Morgan fingerprint density at radius 1 is 1.44 bits per heavy atom. The number of aliphatic imine (C=N–C) groups is 1. The molecule has 1 aromatic rings. The molecule has 1 atom stereocenters. The first-order valence-corrected chi connectivity index (χ1v) is 7.55. The lowest BCUT2D eigenvalue weighted by Gasteiger charge is -2.13. The van der Waals surface area contributed by atoms with Gasteiger partial charge in [-0.2, -0.15) is 0 Å². The first-order valence-electron chi connectivity index (χ1n) is 6.67. The molecular weight excluding hydrogens is 240 g/mol. The van der Waals surface area contributed by atoms with E-state index in [1.54, 1.807) is 0 Å². The van der Waals surface area contributed by atoms with Crippen LogP contribution < -0.4 is 5.32 Å². The molecule has 98 valence electrons. The predicted octanol–water partition coefficient (Wildman–Crippen LogP) is 4.10. The third kappa shape index (κ3) is 3.08. The zero-order chi connectivity index (χ0) is 13.1. The van der Waals surface area contributed by atoms with Crippen molar-refractivity contribution < 1.29 is 0 Å². The molecule has 0 aromatic heterocycles. The molecule has 1 aliphatic rings. The molecule has 0 aliphatic carbocycles. The molecule has 2 rings (SSSR count). The summed E-state index contributed by atoms with van der Waals surface area (Å²) in [7, 11) is 0. The molecular formula is C15H22N2S. The van der Waals surface area contributed by atoms with E-state index < -0.39 is 0 Å². The number of aryl methyl sites for hydroxylation is 2. The summed E-state index contributed by atoms with van der Waals surface area (Å²) in [4.78, 5) is 4.57. The molecule has 1 aliphatic heterocycles. The van der Waals surface area contributed by atoms with Gasteiger partial charge in [-0.1, -0.05) is 38.6 Å². The van der Waals surface area contributed by atoms with Gasteiger partial charge in [-0.15, -0.1) is 0 Å². The molecule has 0 radical (unpaired) electrons. The van der Waals surface area contributed by atoms with Crippen LogP contribution >= 0.6 is 11.8 Å².